The molecule has 0 fully saturated rings. The Morgan fingerprint density at radius 2 is 1.42 bits per heavy atom. The monoisotopic (exact) mass is 269 g/mol. The lowest BCUT2D eigenvalue weighted by atomic mass is 10.3. The zero-order valence-corrected chi connectivity index (χ0v) is 9.37. The molecule has 0 aliphatic carbocycles. The highest BCUT2D eigenvalue weighted by atomic mass is 19.1. The fourth-order valence-corrected chi connectivity index (χ4v) is 1.28. The molecule has 0 bridgehead atoms. The second kappa shape index (κ2) is 5.47. The van der Waals surface area contributed by atoms with Gasteiger partial charge in [0.15, 0.2) is 5.82 Å². The van der Waals surface area contributed by atoms with E-state index in [0.29, 0.717) is 0 Å². The maximum absolute atomic E-state index is 13.2. The molecule has 2 aromatic carbocycles. The lowest BCUT2D eigenvalue weighted by Crippen LogP contribution is -1.92. The molecule has 0 aromatic heterocycles. The van der Waals surface area contributed by atoms with Gasteiger partial charge in [0.2, 0.25) is 0 Å². The molecular weight excluding hydrogens is 262 g/mol. The van der Waals surface area contributed by atoms with Crippen molar-refractivity contribution in [2.75, 3.05) is 5.43 Å². The molecule has 98 valence electrons. The normalized spacial score (nSPS) is 10.9. The number of benzene rings is 2. The minimum absolute atomic E-state index is 0.263. The molecule has 0 spiro atoms. The summed E-state index contributed by atoms with van der Waals surface area (Å²) in [6, 6.07) is 5.32. The Balaban J connectivity index is 2.15. The fraction of sp³-hybridized carbons (Fsp3) is 0. The third kappa shape index (κ3) is 3.27. The van der Waals surface area contributed by atoms with Crippen molar-refractivity contribution >= 4 is 11.4 Å². The van der Waals surface area contributed by atoms with Gasteiger partial charge in [0, 0.05) is 12.1 Å². The summed E-state index contributed by atoms with van der Waals surface area (Å²) in [6.45, 7) is 0. The van der Waals surface area contributed by atoms with Crippen LogP contribution in [0.4, 0.5) is 28.9 Å². The minimum atomic E-state index is -0.785. The minimum Gasteiger partial charge on any atom is -0.257 e. The predicted molar refractivity (Wildman–Crippen MR) is 60.9 cm³/mol. The van der Waals surface area contributed by atoms with Crippen LogP contribution in [0.3, 0.4) is 0 Å². The van der Waals surface area contributed by atoms with Crippen LogP contribution in [0.2, 0.25) is 0 Å². The Morgan fingerprint density at radius 1 is 0.789 bits per heavy atom. The summed E-state index contributed by atoms with van der Waals surface area (Å²) in [5.41, 5.74) is 1.48. The largest absolute Gasteiger partial charge is 0.257 e. The van der Waals surface area contributed by atoms with E-state index in [0.717, 1.165) is 36.4 Å². The second-order valence-corrected chi connectivity index (χ2v) is 3.53. The third-order valence-corrected chi connectivity index (χ3v) is 2.16. The number of rotatable bonds is 3. The van der Waals surface area contributed by atoms with E-state index in [9.17, 15) is 17.6 Å². The van der Waals surface area contributed by atoms with Crippen LogP contribution < -0.4 is 5.43 Å². The van der Waals surface area contributed by atoms with Gasteiger partial charge in [0.1, 0.15) is 23.1 Å². The maximum atomic E-state index is 13.2. The molecule has 0 aliphatic rings. The van der Waals surface area contributed by atoms with Crippen molar-refractivity contribution < 1.29 is 17.6 Å². The van der Waals surface area contributed by atoms with E-state index >= 15 is 0 Å². The van der Waals surface area contributed by atoms with E-state index < -0.39 is 23.3 Å². The van der Waals surface area contributed by atoms with Gasteiger partial charge in [0.25, 0.3) is 0 Å². The van der Waals surface area contributed by atoms with Gasteiger partial charge in [0.05, 0.1) is 5.69 Å². The van der Waals surface area contributed by atoms with Gasteiger partial charge in [-0.25, -0.2) is 17.6 Å². The molecule has 0 saturated heterocycles. The lowest BCUT2D eigenvalue weighted by molar-refractivity contribution is 0.599. The van der Waals surface area contributed by atoms with Gasteiger partial charge < -0.3 is 0 Å². The number of hydrogen-bond acceptors (Lipinski definition) is 2. The molecular formula is C12H7F4N3. The molecule has 0 heterocycles. The Labute approximate surface area is 105 Å². The molecule has 2 rings (SSSR count). The van der Waals surface area contributed by atoms with E-state index in [-0.39, 0.29) is 11.4 Å². The molecule has 7 heteroatoms. The average Bonchev–Trinajstić information content (AvgIpc) is 2.38. The van der Waals surface area contributed by atoms with Crippen LogP contribution in [0.15, 0.2) is 46.7 Å². The predicted octanol–water partition coefficient (Wildman–Crippen LogP) is 4.35. The highest BCUT2D eigenvalue weighted by Crippen LogP contribution is 2.20. The van der Waals surface area contributed by atoms with Crippen LogP contribution >= 0.6 is 0 Å². The zero-order valence-electron chi connectivity index (χ0n) is 9.37. The summed E-state index contributed by atoms with van der Waals surface area (Å²) in [6.07, 6.45) is 0. The van der Waals surface area contributed by atoms with E-state index in [1.54, 1.807) is 0 Å². The first-order valence-electron chi connectivity index (χ1n) is 5.13. The van der Waals surface area contributed by atoms with Gasteiger partial charge in [-0.1, -0.05) is 5.22 Å². The molecule has 0 radical (unpaired) electrons. The van der Waals surface area contributed by atoms with Crippen molar-refractivity contribution in [2.45, 2.75) is 0 Å². The summed E-state index contributed by atoms with van der Waals surface area (Å²) in [5.74, 6) is -2.89. The smallest absolute Gasteiger partial charge is 0.150 e. The molecule has 19 heavy (non-hydrogen) atoms. The Morgan fingerprint density at radius 3 is 2.16 bits per heavy atom. The average molecular weight is 269 g/mol. The quantitative estimate of drug-likeness (QED) is 0.502. The van der Waals surface area contributed by atoms with Crippen LogP contribution in [0, 0.1) is 23.3 Å². The highest BCUT2D eigenvalue weighted by molar-refractivity contribution is 5.44. The topological polar surface area (TPSA) is 36.8 Å². The molecule has 0 atom stereocenters. The number of nitrogens with zero attached hydrogens (tertiary/aromatic N) is 2. The Bertz CT molecular complexity index is 628. The lowest BCUT2D eigenvalue weighted by Gasteiger charge is -2.01. The van der Waals surface area contributed by atoms with Crippen LogP contribution in [-0.4, -0.2) is 0 Å². The molecule has 3 nitrogen and oxygen atoms in total. The summed E-state index contributed by atoms with van der Waals surface area (Å²) < 4.78 is 52.0. The molecule has 1 N–H and O–H groups in total. The molecule has 2 aromatic rings. The Hall–Kier alpha value is -2.44. The van der Waals surface area contributed by atoms with Crippen molar-refractivity contribution in [3.05, 3.63) is 59.7 Å². The standard InChI is InChI=1S/C12H7F4N3/c13-7-1-3-9(15)11(5-7)17-19-18-12-6-8(14)2-4-10(12)16/h1-6H,(H,17,18). The van der Waals surface area contributed by atoms with E-state index in [4.69, 9.17) is 0 Å². The fourth-order valence-electron chi connectivity index (χ4n) is 1.28. The first-order valence-corrected chi connectivity index (χ1v) is 5.13. The van der Waals surface area contributed by atoms with Crippen molar-refractivity contribution in [1.82, 2.24) is 0 Å². The third-order valence-electron chi connectivity index (χ3n) is 2.16. The van der Waals surface area contributed by atoms with Gasteiger partial charge in [-0.2, -0.15) is 0 Å². The van der Waals surface area contributed by atoms with Gasteiger partial charge in [-0.15, -0.1) is 5.11 Å². The molecule has 0 saturated carbocycles. The number of hydrogen-bond donors (Lipinski definition) is 1. The number of halogens is 4. The number of anilines is 1. The first-order chi connectivity index (χ1) is 9.06. The number of nitrogens with one attached hydrogen (secondary N) is 1. The SMILES string of the molecule is Fc1ccc(F)c(N=NNc2cc(F)ccc2F)c1. The van der Waals surface area contributed by atoms with Crippen molar-refractivity contribution in [3.63, 3.8) is 0 Å². The van der Waals surface area contributed by atoms with Crippen LogP contribution in [0.1, 0.15) is 0 Å². The molecule has 0 amide bonds. The van der Waals surface area contributed by atoms with Crippen molar-refractivity contribution in [2.24, 2.45) is 10.3 Å². The van der Waals surface area contributed by atoms with E-state index in [2.05, 4.69) is 15.8 Å². The van der Waals surface area contributed by atoms with Crippen molar-refractivity contribution in [3.8, 4) is 0 Å². The van der Waals surface area contributed by atoms with E-state index in [1.165, 1.54) is 0 Å². The van der Waals surface area contributed by atoms with E-state index in [1.807, 2.05) is 0 Å². The highest BCUT2D eigenvalue weighted by Gasteiger charge is 2.04. The second-order valence-electron chi connectivity index (χ2n) is 3.53. The van der Waals surface area contributed by atoms with Crippen molar-refractivity contribution in [1.29, 1.82) is 0 Å². The van der Waals surface area contributed by atoms with Gasteiger partial charge in [-0.05, 0) is 24.3 Å². The summed E-state index contributed by atoms with van der Waals surface area (Å²) in [4.78, 5) is 0. The first kappa shape index (κ1) is 13.0. The Kier molecular flexibility index (Phi) is 3.74. The van der Waals surface area contributed by atoms with Crippen LogP contribution in [0.25, 0.3) is 0 Å². The van der Waals surface area contributed by atoms with Gasteiger partial charge >= 0.3 is 0 Å². The summed E-state index contributed by atoms with van der Waals surface area (Å²) in [7, 11) is 0. The molecule has 0 aliphatic heterocycles. The van der Waals surface area contributed by atoms with Crippen LogP contribution in [-0.2, 0) is 0 Å². The maximum Gasteiger partial charge on any atom is 0.150 e. The summed E-state index contributed by atoms with van der Waals surface area (Å²) >= 11 is 0. The van der Waals surface area contributed by atoms with Gasteiger partial charge in [-0.3, -0.25) is 5.43 Å². The zero-order chi connectivity index (χ0) is 13.8. The summed E-state index contributed by atoms with van der Waals surface area (Å²) in [5, 5.41) is 6.62. The molecule has 0 unspecified atom stereocenters. The van der Waals surface area contributed by atoms with Crippen LogP contribution in [0.5, 0.6) is 0 Å².